The van der Waals surface area contributed by atoms with Crippen molar-refractivity contribution in [2.24, 2.45) is 5.92 Å². The second-order valence-corrected chi connectivity index (χ2v) is 9.87. The molecule has 1 amide bonds. The molecule has 2 aromatic heterocycles. The first-order valence-electron chi connectivity index (χ1n) is 12.7. The maximum absolute atomic E-state index is 13.4. The first-order chi connectivity index (χ1) is 17.7. The Kier molecular flexibility index (Phi) is 7.97. The number of nitrogens with zero attached hydrogens (tertiary/aromatic N) is 3. The number of imidazole rings is 1. The average molecular weight is 506 g/mol. The summed E-state index contributed by atoms with van der Waals surface area (Å²) in [5.74, 6) is -0.483. The molecule has 37 heavy (non-hydrogen) atoms. The van der Waals surface area contributed by atoms with Crippen LogP contribution in [0.2, 0.25) is 0 Å². The number of benzene rings is 1. The van der Waals surface area contributed by atoms with Crippen molar-refractivity contribution in [1.82, 2.24) is 14.3 Å². The Bertz CT molecular complexity index is 1340. The van der Waals surface area contributed by atoms with Crippen molar-refractivity contribution in [3.63, 3.8) is 0 Å². The summed E-state index contributed by atoms with van der Waals surface area (Å²) in [4.78, 5) is 32.7. The molecule has 1 aromatic carbocycles. The highest BCUT2D eigenvalue weighted by Crippen LogP contribution is 2.40. The van der Waals surface area contributed by atoms with E-state index in [4.69, 9.17) is 9.47 Å². The lowest BCUT2D eigenvalue weighted by atomic mass is 9.96. The number of likely N-dealkylation sites (tertiary alicyclic amines) is 1. The van der Waals surface area contributed by atoms with Crippen LogP contribution in [0.25, 0.3) is 11.4 Å². The number of ketones is 1. The van der Waals surface area contributed by atoms with Crippen LogP contribution < -0.4 is 4.74 Å². The van der Waals surface area contributed by atoms with Crippen LogP contribution in [0.3, 0.4) is 0 Å². The van der Waals surface area contributed by atoms with Crippen LogP contribution in [0, 0.1) is 19.8 Å². The summed E-state index contributed by atoms with van der Waals surface area (Å²) in [6.45, 7) is 9.36. The number of fused-ring (bicyclic) bond motifs is 1. The quantitative estimate of drug-likeness (QED) is 0.184. The molecule has 1 N–H and O–H groups in total. The molecule has 3 heterocycles. The van der Waals surface area contributed by atoms with E-state index in [1.807, 2.05) is 60.8 Å². The van der Waals surface area contributed by atoms with Crippen LogP contribution in [-0.2, 0) is 14.3 Å². The van der Waals surface area contributed by atoms with Crippen LogP contribution in [0.5, 0.6) is 5.75 Å². The molecular weight excluding hydrogens is 470 g/mol. The van der Waals surface area contributed by atoms with Gasteiger partial charge in [-0.2, -0.15) is 0 Å². The highest BCUT2D eigenvalue weighted by Gasteiger charge is 2.46. The minimum Gasteiger partial charge on any atom is -0.505 e. The third-order valence-corrected chi connectivity index (χ3v) is 6.73. The van der Waals surface area contributed by atoms with Crippen LogP contribution in [0.1, 0.15) is 55.2 Å². The Labute approximate surface area is 217 Å². The van der Waals surface area contributed by atoms with Gasteiger partial charge in [-0.05, 0) is 61.9 Å². The number of carbonyl (C=O) groups excluding carboxylic acids is 2. The van der Waals surface area contributed by atoms with E-state index in [9.17, 15) is 14.7 Å². The van der Waals surface area contributed by atoms with E-state index in [0.29, 0.717) is 60.4 Å². The largest absolute Gasteiger partial charge is 0.505 e. The first kappa shape index (κ1) is 26.4. The summed E-state index contributed by atoms with van der Waals surface area (Å²) < 4.78 is 13.0. The van der Waals surface area contributed by atoms with Crippen LogP contribution >= 0.6 is 0 Å². The fraction of sp³-hybridized carbons (Fsp3) is 0.414. The average Bonchev–Trinajstić information content (AvgIpc) is 3.34. The zero-order chi connectivity index (χ0) is 26.7. The number of aromatic nitrogens is 2. The van der Waals surface area contributed by atoms with Gasteiger partial charge in [0.05, 0.1) is 23.9 Å². The molecule has 0 aliphatic carbocycles. The number of methoxy groups -OCH3 is 1. The van der Waals surface area contributed by atoms with Crippen molar-refractivity contribution in [2.75, 3.05) is 26.9 Å². The Morgan fingerprint density at radius 3 is 2.62 bits per heavy atom. The van der Waals surface area contributed by atoms with Crippen molar-refractivity contribution < 1.29 is 24.2 Å². The summed E-state index contributed by atoms with van der Waals surface area (Å²) in [5, 5.41) is 11.5. The van der Waals surface area contributed by atoms with E-state index in [0.717, 1.165) is 12.0 Å². The number of rotatable bonds is 10. The molecule has 1 aliphatic heterocycles. The van der Waals surface area contributed by atoms with Crippen molar-refractivity contribution in [1.29, 1.82) is 0 Å². The van der Waals surface area contributed by atoms with E-state index in [2.05, 4.69) is 18.8 Å². The number of carbonyl (C=O) groups is 2. The molecule has 3 aromatic rings. The first-order valence-corrected chi connectivity index (χ1v) is 12.7. The summed E-state index contributed by atoms with van der Waals surface area (Å²) in [6.07, 6.45) is 3.32. The second kappa shape index (κ2) is 11.2. The Hall–Kier alpha value is -3.65. The van der Waals surface area contributed by atoms with Gasteiger partial charge in [0, 0.05) is 26.5 Å². The molecule has 0 spiro atoms. The zero-order valence-electron chi connectivity index (χ0n) is 22.2. The molecule has 0 radical (unpaired) electrons. The summed E-state index contributed by atoms with van der Waals surface area (Å²) in [6, 6.07) is 10.5. The number of aryl methyl sites for hydroxylation is 2. The number of ether oxygens (including phenoxy) is 2. The fourth-order valence-electron chi connectivity index (χ4n) is 4.70. The molecule has 1 fully saturated rings. The molecule has 1 aliphatic rings. The number of hydrogen-bond acceptors (Lipinski definition) is 6. The van der Waals surface area contributed by atoms with Crippen LogP contribution in [-0.4, -0.2) is 57.9 Å². The van der Waals surface area contributed by atoms with Crippen molar-refractivity contribution in [2.45, 2.75) is 46.6 Å². The predicted octanol–water partition coefficient (Wildman–Crippen LogP) is 4.83. The van der Waals surface area contributed by atoms with Crippen LogP contribution in [0.4, 0.5) is 0 Å². The Morgan fingerprint density at radius 1 is 1.14 bits per heavy atom. The minimum atomic E-state index is -0.768. The van der Waals surface area contributed by atoms with E-state index in [1.54, 1.807) is 7.11 Å². The number of amides is 1. The lowest BCUT2D eigenvalue weighted by Gasteiger charge is -2.25. The molecular formula is C29H35N3O5. The van der Waals surface area contributed by atoms with Gasteiger partial charge in [-0.25, -0.2) is 4.98 Å². The van der Waals surface area contributed by atoms with Gasteiger partial charge in [-0.1, -0.05) is 32.0 Å². The van der Waals surface area contributed by atoms with E-state index >= 15 is 0 Å². The topological polar surface area (TPSA) is 93.4 Å². The number of Topliss-reactive ketones (excluding diaryl/α,β-unsaturated/α-hetero) is 1. The Balaban J connectivity index is 1.82. The summed E-state index contributed by atoms with van der Waals surface area (Å²) in [5.41, 5.74) is 3.33. The second-order valence-electron chi connectivity index (χ2n) is 9.87. The molecule has 1 unspecified atom stereocenters. The maximum atomic E-state index is 13.4. The molecule has 1 saturated heterocycles. The van der Waals surface area contributed by atoms with Crippen molar-refractivity contribution in [3.8, 4) is 5.75 Å². The standard InChI is InChI=1S/C29H35N3O5/c1-18(2)12-16-37-22-11-6-10-21(17-22)25-23(27(34)29(35)32(25)14-8-15-36-5)26(33)24-20(4)31-13-7-9-19(3)28(31)30-24/h6-7,9-11,13,17-18,25,33H,8,12,14-16H2,1-5H3. The van der Waals surface area contributed by atoms with Gasteiger partial charge in [0.2, 0.25) is 0 Å². The normalized spacial score (nSPS) is 17.4. The lowest BCUT2D eigenvalue weighted by molar-refractivity contribution is -0.140. The zero-order valence-corrected chi connectivity index (χ0v) is 22.2. The molecule has 4 rings (SSSR count). The summed E-state index contributed by atoms with van der Waals surface area (Å²) in [7, 11) is 1.59. The lowest BCUT2D eigenvalue weighted by Crippen LogP contribution is -2.31. The van der Waals surface area contributed by atoms with Crippen LogP contribution in [0.15, 0.2) is 48.2 Å². The van der Waals surface area contributed by atoms with Gasteiger partial charge in [0.25, 0.3) is 11.7 Å². The number of hydrogen-bond donors (Lipinski definition) is 1. The minimum absolute atomic E-state index is 0.0332. The van der Waals surface area contributed by atoms with Gasteiger partial charge < -0.3 is 23.9 Å². The van der Waals surface area contributed by atoms with E-state index in [-0.39, 0.29) is 11.3 Å². The third kappa shape index (κ3) is 5.25. The van der Waals surface area contributed by atoms with Gasteiger partial charge in [-0.3, -0.25) is 9.59 Å². The van der Waals surface area contributed by atoms with Gasteiger partial charge in [0.1, 0.15) is 17.1 Å². The molecule has 0 saturated carbocycles. The fourth-order valence-corrected chi connectivity index (χ4v) is 4.70. The monoisotopic (exact) mass is 505 g/mol. The third-order valence-electron chi connectivity index (χ3n) is 6.73. The van der Waals surface area contributed by atoms with Crippen molar-refractivity contribution >= 4 is 23.1 Å². The summed E-state index contributed by atoms with van der Waals surface area (Å²) >= 11 is 0. The van der Waals surface area contributed by atoms with Gasteiger partial charge in [-0.15, -0.1) is 0 Å². The van der Waals surface area contributed by atoms with E-state index < -0.39 is 17.7 Å². The SMILES string of the molecule is COCCCN1C(=O)C(=O)C(=C(O)c2nc3c(C)cccn3c2C)C1c1cccc(OCCC(C)C)c1. The smallest absolute Gasteiger partial charge is 0.295 e. The maximum Gasteiger partial charge on any atom is 0.295 e. The number of aliphatic hydroxyl groups excluding tert-OH is 1. The molecule has 0 bridgehead atoms. The molecule has 1 atom stereocenters. The Morgan fingerprint density at radius 2 is 1.92 bits per heavy atom. The van der Waals surface area contributed by atoms with Gasteiger partial charge >= 0.3 is 0 Å². The predicted molar refractivity (Wildman–Crippen MR) is 142 cm³/mol. The number of aliphatic hydroxyl groups is 1. The van der Waals surface area contributed by atoms with E-state index in [1.165, 1.54) is 4.90 Å². The van der Waals surface area contributed by atoms with Crippen molar-refractivity contribution in [3.05, 3.63) is 70.7 Å². The highest BCUT2D eigenvalue weighted by molar-refractivity contribution is 6.46. The molecule has 8 nitrogen and oxygen atoms in total. The molecule has 8 heteroatoms. The number of pyridine rings is 1. The van der Waals surface area contributed by atoms with Gasteiger partial charge in [0.15, 0.2) is 5.76 Å². The highest BCUT2D eigenvalue weighted by atomic mass is 16.5. The molecule has 196 valence electrons.